The Kier molecular flexibility index (Phi) is 18.7. The molecule has 2 fully saturated rings. The summed E-state index contributed by atoms with van der Waals surface area (Å²) in [5.74, 6) is -2.72. The molecule has 2 aromatic heterocycles. The van der Waals surface area contributed by atoms with Crippen molar-refractivity contribution in [3.8, 4) is 0 Å². The number of aromatic nitrogens is 4. The Bertz CT molecular complexity index is 1830. The fourth-order valence-electron chi connectivity index (χ4n) is 6.38. The van der Waals surface area contributed by atoms with Crippen LogP contribution in [0.3, 0.4) is 0 Å². The maximum atomic E-state index is 15.6. The van der Waals surface area contributed by atoms with Gasteiger partial charge in [0, 0.05) is 57.4 Å². The van der Waals surface area contributed by atoms with E-state index in [1.807, 2.05) is 24.7 Å². The van der Waals surface area contributed by atoms with E-state index in [9.17, 15) is 19.5 Å². The summed E-state index contributed by atoms with van der Waals surface area (Å²) in [7, 11) is 1.61. The van der Waals surface area contributed by atoms with Gasteiger partial charge in [-0.15, -0.1) is 5.10 Å². The monoisotopic (exact) mass is 822 g/mol. The highest BCUT2D eigenvalue weighted by atomic mass is 19.1. The lowest BCUT2D eigenvalue weighted by Crippen LogP contribution is -2.54. The number of benzene rings is 1. The van der Waals surface area contributed by atoms with Gasteiger partial charge >= 0.3 is 5.97 Å². The molecule has 1 aliphatic heterocycles. The van der Waals surface area contributed by atoms with Crippen molar-refractivity contribution in [2.45, 2.75) is 84.7 Å². The number of rotatable bonds is 23. The second-order valence-electron chi connectivity index (χ2n) is 14.9. The minimum atomic E-state index is -1.45. The van der Waals surface area contributed by atoms with E-state index in [1.54, 1.807) is 11.9 Å². The van der Waals surface area contributed by atoms with E-state index in [1.165, 1.54) is 4.57 Å². The summed E-state index contributed by atoms with van der Waals surface area (Å²) in [6.07, 6.45) is 5.98. The van der Waals surface area contributed by atoms with E-state index in [0.717, 1.165) is 37.7 Å². The van der Waals surface area contributed by atoms with Gasteiger partial charge in [0.2, 0.25) is 11.3 Å². The number of piperazine rings is 1. The highest BCUT2D eigenvalue weighted by Gasteiger charge is 2.34. The predicted octanol–water partition coefficient (Wildman–Crippen LogP) is 3.12. The van der Waals surface area contributed by atoms with Gasteiger partial charge in [0.1, 0.15) is 16.9 Å². The third-order valence-electron chi connectivity index (χ3n) is 9.42. The van der Waals surface area contributed by atoms with Crippen molar-refractivity contribution in [3.63, 3.8) is 0 Å². The Labute approximate surface area is 337 Å². The zero-order valence-electron chi connectivity index (χ0n) is 34.3. The van der Waals surface area contributed by atoms with E-state index in [2.05, 4.69) is 34.8 Å². The first-order chi connectivity index (χ1) is 27.8. The predicted molar refractivity (Wildman–Crippen MR) is 213 cm³/mol. The number of fused-ring (bicyclic) bond motifs is 1. The number of hydrogen-bond acceptors (Lipinski definition) is 13. The van der Waals surface area contributed by atoms with Crippen LogP contribution in [0.4, 0.5) is 20.2 Å². The molecule has 0 spiro atoms. The molecule has 1 aliphatic carbocycles. The van der Waals surface area contributed by atoms with Gasteiger partial charge in [-0.3, -0.25) is 14.3 Å². The van der Waals surface area contributed by atoms with Crippen LogP contribution >= 0.6 is 0 Å². The Balaban J connectivity index is 0.000000257. The van der Waals surface area contributed by atoms with Crippen LogP contribution in [0.15, 0.2) is 17.2 Å². The first-order valence-corrected chi connectivity index (χ1v) is 19.9. The molecule has 0 unspecified atom stereocenters. The summed E-state index contributed by atoms with van der Waals surface area (Å²) in [6, 6.07) is -0.103. The summed E-state index contributed by atoms with van der Waals surface area (Å²) < 4.78 is 61.2. The Morgan fingerprint density at radius 1 is 0.931 bits per heavy atom. The number of nitrogen functional groups attached to an aromatic ring is 1. The molecule has 17 nitrogen and oxygen atoms in total. The molecular weight excluding hydrogens is 762 g/mol. The molecule has 19 heteroatoms. The molecule has 5 rings (SSSR count). The topological polar surface area (TPSA) is 207 Å². The molecular formula is C39H60F2N8O9. The fourth-order valence-corrected chi connectivity index (χ4v) is 6.38. The number of amides is 1. The molecule has 0 radical (unpaired) electrons. The maximum Gasteiger partial charge on any atom is 0.341 e. The van der Waals surface area contributed by atoms with Gasteiger partial charge in [-0.2, -0.15) is 0 Å². The van der Waals surface area contributed by atoms with E-state index in [-0.39, 0.29) is 35.2 Å². The molecule has 1 aromatic carbocycles. The highest BCUT2D eigenvalue weighted by molar-refractivity contribution is 5.99. The average Bonchev–Trinajstić information content (AvgIpc) is 3.93. The number of anilines is 2. The minimum Gasteiger partial charge on any atom is -0.477 e. The number of nitrogens with zero attached hydrogens (tertiary/aromatic N) is 5. The Morgan fingerprint density at radius 2 is 1.50 bits per heavy atom. The number of carboxylic acids is 1. The first-order valence-electron chi connectivity index (χ1n) is 19.9. The fraction of sp³-hybridized carbons (Fsp3) is 0.667. The molecule has 3 aromatic rings. The van der Waals surface area contributed by atoms with Crippen LogP contribution in [-0.4, -0.2) is 128 Å². The number of hydrogen-bond donors (Lipinski definition) is 4. The van der Waals surface area contributed by atoms with Gasteiger partial charge in [-0.25, -0.2) is 13.6 Å². The molecule has 2 atom stereocenters. The Hall–Kier alpha value is -4.27. The van der Waals surface area contributed by atoms with Crippen molar-refractivity contribution >= 4 is 34.2 Å². The standard InChI is InChI=1S/C20H38N4O6.C19H22F2N4O3/c1-18(2)4-6-24-16-19(22-23-24)17-30-15-14-29-13-12-28-11-10-27-9-8-26-7-5-20(25)21-3;1-8-5-24(6-9(2)23-8)17-13(20)15(22)12-16(14(17)21)25(10-3-4-10)7-11(18(12)26)19(27)28/h16,18H,4-15,17H2,1-3H3,(H,21,25);7-10,23H,3-6,22H2,1-2H3,(H,27,28)/t;8-,9+. The number of aryl methyl sites for hydroxylation is 1. The number of carbonyl (C=O) groups is 2. The van der Waals surface area contributed by atoms with Crippen LogP contribution in [0.1, 0.15) is 75.5 Å². The van der Waals surface area contributed by atoms with Gasteiger partial charge in [0.25, 0.3) is 0 Å². The highest BCUT2D eigenvalue weighted by Crippen LogP contribution is 2.41. The lowest BCUT2D eigenvalue weighted by molar-refractivity contribution is -0.121. The molecule has 58 heavy (non-hydrogen) atoms. The molecule has 0 bridgehead atoms. The van der Waals surface area contributed by atoms with Gasteiger partial charge in [-0.05, 0) is 39.0 Å². The van der Waals surface area contributed by atoms with Crippen molar-refractivity contribution in [3.05, 3.63) is 45.5 Å². The average molecular weight is 823 g/mol. The SMILES string of the molecule is CNC(=O)CCOCCOCCOCCOCCOCc1cn(CCC(C)C)nn1.C[C@@H]1CN(c2c(F)c(N)c3c(=O)c(C(=O)O)cn(C4CC4)c3c2F)C[C@H](C)N1. The molecule has 1 amide bonds. The second-order valence-corrected chi connectivity index (χ2v) is 14.9. The van der Waals surface area contributed by atoms with Crippen molar-refractivity contribution < 1.29 is 47.2 Å². The van der Waals surface area contributed by atoms with Crippen molar-refractivity contribution in [2.75, 3.05) is 90.2 Å². The van der Waals surface area contributed by atoms with Crippen molar-refractivity contribution in [1.29, 1.82) is 0 Å². The van der Waals surface area contributed by atoms with E-state index in [0.29, 0.717) is 91.5 Å². The second kappa shape index (κ2) is 23.4. The molecule has 5 N–H and O–H groups in total. The van der Waals surface area contributed by atoms with E-state index < -0.39 is 39.7 Å². The normalized spacial score (nSPS) is 16.8. The number of carbonyl (C=O) groups excluding carboxylic acids is 1. The van der Waals surface area contributed by atoms with Crippen LogP contribution in [-0.2, 0) is 41.6 Å². The Morgan fingerprint density at radius 3 is 2.03 bits per heavy atom. The zero-order chi connectivity index (χ0) is 42.2. The molecule has 1 saturated carbocycles. The third kappa shape index (κ3) is 13.9. The minimum absolute atomic E-state index is 0.0134. The number of ether oxygens (including phenoxy) is 5. The molecule has 3 heterocycles. The van der Waals surface area contributed by atoms with Crippen molar-refractivity contribution in [2.24, 2.45) is 5.92 Å². The summed E-state index contributed by atoms with van der Waals surface area (Å²) in [5.41, 5.74) is 4.37. The van der Waals surface area contributed by atoms with Crippen LogP contribution in [0.25, 0.3) is 10.9 Å². The van der Waals surface area contributed by atoms with Gasteiger partial charge in [0.15, 0.2) is 11.6 Å². The number of nitrogens with two attached hydrogens (primary N) is 1. The van der Waals surface area contributed by atoms with Gasteiger partial charge in [-0.1, -0.05) is 19.1 Å². The van der Waals surface area contributed by atoms with Crippen molar-refractivity contribution in [1.82, 2.24) is 30.2 Å². The first kappa shape index (κ1) is 46.4. The number of halogens is 2. The number of carboxylic acid groups (broad SMARTS) is 1. The molecule has 324 valence electrons. The lowest BCUT2D eigenvalue weighted by atomic mass is 10.0. The van der Waals surface area contributed by atoms with Crippen LogP contribution < -0.4 is 26.7 Å². The smallest absolute Gasteiger partial charge is 0.341 e. The van der Waals surface area contributed by atoms with E-state index >= 15 is 8.78 Å². The number of pyridine rings is 1. The summed E-state index contributed by atoms with van der Waals surface area (Å²) >= 11 is 0. The van der Waals surface area contributed by atoms with Gasteiger partial charge in [0.05, 0.1) is 88.9 Å². The van der Waals surface area contributed by atoms with Crippen LogP contribution in [0, 0.1) is 17.6 Å². The molecule has 1 saturated heterocycles. The third-order valence-corrected chi connectivity index (χ3v) is 9.42. The quantitative estimate of drug-likeness (QED) is 0.0802. The molecule has 2 aliphatic rings. The summed E-state index contributed by atoms with van der Waals surface area (Å²) in [4.78, 5) is 36.7. The number of nitrogens with one attached hydrogen (secondary N) is 2. The van der Waals surface area contributed by atoms with E-state index in [4.69, 9.17) is 29.4 Å². The van der Waals surface area contributed by atoms with Crippen LogP contribution in [0.5, 0.6) is 0 Å². The van der Waals surface area contributed by atoms with Crippen LogP contribution in [0.2, 0.25) is 0 Å². The largest absolute Gasteiger partial charge is 0.477 e. The maximum absolute atomic E-state index is 15.6. The number of aromatic carboxylic acids is 1. The summed E-state index contributed by atoms with van der Waals surface area (Å²) in [6.45, 7) is 14.7. The van der Waals surface area contributed by atoms with Gasteiger partial charge < -0.3 is 54.6 Å². The summed E-state index contributed by atoms with van der Waals surface area (Å²) in [5, 5.41) is 23.0. The zero-order valence-corrected chi connectivity index (χ0v) is 34.3. The lowest BCUT2D eigenvalue weighted by Gasteiger charge is -2.38.